The number of hydrogen-bond acceptors (Lipinski definition) is 5. The van der Waals surface area contributed by atoms with Crippen molar-refractivity contribution < 1.29 is 9.15 Å². The number of nitrogens with zero attached hydrogens (tertiary/aromatic N) is 3. The van der Waals surface area contributed by atoms with E-state index in [1.165, 1.54) is 16.5 Å². The first-order valence-corrected chi connectivity index (χ1v) is 19.8. The Morgan fingerprint density at radius 2 is 1.35 bits per heavy atom. The van der Waals surface area contributed by atoms with Gasteiger partial charge in [0.1, 0.15) is 28.8 Å². The van der Waals surface area contributed by atoms with Crippen molar-refractivity contribution in [3.05, 3.63) is 199 Å². The molecule has 2 aliphatic heterocycles. The van der Waals surface area contributed by atoms with E-state index in [1.807, 2.05) is 12.1 Å². The average Bonchev–Trinajstić information content (AvgIpc) is 3.94. The molecule has 2 aliphatic carbocycles. The molecule has 4 heterocycles. The van der Waals surface area contributed by atoms with E-state index >= 15 is 0 Å². The molecule has 274 valence electrons. The van der Waals surface area contributed by atoms with Crippen LogP contribution in [0.3, 0.4) is 0 Å². The van der Waals surface area contributed by atoms with Gasteiger partial charge in [0.2, 0.25) is 0 Å². The van der Waals surface area contributed by atoms with Crippen molar-refractivity contribution >= 4 is 67.1 Å². The molecule has 0 saturated heterocycles. The maximum absolute atomic E-state index is 7.57. The number of ether oxygens (including phenoxy) is 1. The van der Waals surface area contributed by atoms with Crippen LogP contribution in [0.25, 0.3) is 32.8 Å². The summed E-state index contributed by atoms with van der Waals surface area (Å²) in [5, 5.41) is 3.37. The number of allylic oxidation sites excluding steroid dienone is 6. The summed E-state index contributed by atoms with van der Waals surface area (Å²) < 4.78 is 15.5. The largest absolute Gasteiger partial charge is 0.485 e. The van der Waals surface area contributed by atoms with Gasteiger partial charge in [-0.25, -0.2) is 0 Å². The van der Waals surface area contributed by atoms with Crippen LogP contribution in [-0.4, -0.2) is 10.7 Å². The Morgan fingerprint density at radius 1 is 0.614 bits per heavy atom. The molecule has 4 atom stereocenters. The summed E-state index contributed by atoms with van der Waals surface area (Å²) in [7, 11) is 0. The Hall–Kier alpha value is -7.02. The summed E-state index contributed by atoms with van der Waals surface area (Å²) >= 11 is 0. The number of fused-ring (bicyclic) bond motifs is 10. The second-order valence-corrected chi connectivity index (χ2v) is 15.3. The van der Waals surface area contributed by atoms with Crippen LogP contribution in [0.2, 0.25) is 0 Å². The molecule has 6 aromatic carbocycles. The molecule has 12 rings (SSSR count). The highest BCUT2D eigenvalue weighted by atomic mass is 16.5. The van der Waals surface area contributed by atoms with Gasteiger partial charge in [-0.3, -0.25) is 4.90 Å². The minimum Gasteiger partial charge on any atom is -0.485 e. The molecule has 2 aromatic heterocycles. The van der Waals surface area contributed by atoms with Crippen LogP contribution in [0.5, 0.6) is 5.75 Å². The highest BCUT2D eigenvalue weighted by molar-refractivity contribution is 6.06. The summed E-state index contributed by atoms with van der Waals surface area (Å²) in [5.41, 5.74) is 19.0. The average molecular weight is 739 g/mol. The van der Waals surface area contributed by atoms with Gasteiger partial charge < -0.3 is 24.4 Å². The first-order chi connectivity index (χ1) is 28.2. The molecule has 4 aliphatic rings. The molecular formula is C51H38N4O2. The second-order valence-electron chi connectivity index (χ2n) is 15.3. The summed E-state index contributed by atoms with van der Waals surface area (Å²) in [5.74, 6) is 2.23. The molecule has 8 aromatic rings. The molecule has 0 saturated carbocycles. The van der Waals surface area contributed by atoms with Gasteiger partial charge in [-0.05, 0) is 78.7 Å². The fourth-order valence-corrected chi connectivity index (χ4v) is 9.61. The number of benzene rings is 6. The molecule has 57 heavy (non-hydrogen) atoms. The minimum atomic E-state index is -0.381. The highest BCUT2D eigenvalue weighted by Gasteiger charge is 2.38. The van der Waals surface area contributed by atoms with Crippen molar-refractivity contribution in [2.24, 2.45) is 5.73 Å². The first kappa shape index (κ1) is 32.2. The van der Waals surface area contributed by atoms with Crippen LogP contribution in [0.15, 0.2) is 186 Å². The molecule has 0 bridgehead atoms. The van der Waals surface area contributed by atoms with Crippen LogP contribution < -0.4 is 20.3 Å². The Labute approximate surface area is 330 Å². The predicted molar refractivity (Wildman–Crippen MR) is 232 cm³/mol. The summed E-state index contributed by atoms with van der Waals surface area (Å²) in [6, 6.07) is 47.3. The molecule has 6 nitrogen and oxygen atoms in total. The SMILES string of the molecule is NC1c2cc(N(c3ccc4c(c3)OC3C=CC=CC43)c3ccc4c(c3)oc3ccccc34)ccc2N(c2ccccc2)c2c1c1ccccc1n2C1C=CC=CC1. The number of anilines is 6. The Bertz CT molecular complexity index is 3040. The van der Waals surface area contributed by atoms with E-state index in [-0.39, 0.29) is 24.1 Å². The van der Waals surface area contributed by atoms with Crippen LogP contribution in [-0.2, 0) is 0 Å². The summed E-state index contributed by atoms with van der Waals surface area (Å²) in [6.07, 6.45) is 18.3. The van der Waals surface area contributed by atoms with Crippen LogP contribution in [0, 0.1) is 0 Å². The molecule has 0 fully saturated rings. The number of aromatic nitrogens is 1. The Balaban J connectivity index is 1.07. The van der Waals surface area contributed by atoms with E-state index in [9.17, 15) is 0 Å². The molecule has 2 N–H and O–H groups in total. The van der Waals surface area contributed by atoms with Crippen molar-refractivity contribution in [3.8, 4) is 5.75 Å². The number of nitrogens with two attached hydrogens (primary N) is 1. The second kappa shape index (κ2) is 12.5. The van der Waals surface area contributed by atoms with E-state index in [1.54, 1.807) is 0 Å². The van der Waals surface area contributed by atoms with Gasteiger partial charge in [0.25, 0.3) is 0 Å². The zero-order chi connectivity index (χ0) is 37.6. The van der Waals surface area contributed by atoms with E-state index in [4.69, 9.17) is 14.9 Å². The normalized spacial score (nSPS) is 20.1. The number of hydrogen-bond donors (Lipinski definition) is 1. The predicted octanol–water partition coefficient (Wildman–Crippen LogP) is 12.9. The van der Waals surface area contributed by atoms with Gasteiger partial charge in [-0.1, -0.05) is 103 Å². The first-order valence-electron chi connectivity index (χ1n) is 19.8. The quantitative estimate of drug-likeness (QED) is 0.190. The maximum Gasteiger partial charge on any atom is 0.137 e. The lowest BCUT2D eigenvalue weighted by molar-refractivity contribution is 0.269. The van der Waals surface area contributed by atoms with E-state index in [0.717, 1.165) is 79.5 Å². The molecule has 0 amide bonds. The number of para-hydroxylation sites is 3. The van der Waals surface area contributed by atoms with Crippen molar-refractivity contribution in [2.75, 3.05) is 9.80 Å². The van der Waals surface area contributed by atoms with E-state index < -0.39 is 0 Å². The van der Waals surface area contributed by atoms with E-state index in [2.05, 4.69) is 184 Å². The maximum atomic E-state index is 7.57. The highest BCUT2D eigenvalue weighted by Crippen LogP contribution is 2.54. The van der Waals surface area contributed by atoms with Gasteiger partial charge in [-0.15, -0.1) is 0 Å². The molecule has 0 radical (unpaired) electrons. The zero-order valence-electron chi connectivity index (χ0n) is 31.1. The third-order valence-corrected chi connectivity index (χ3v) is 12.2. The standard InChI is InChI=1S/C51H38N4O2/c52-50-42-29-34(25-28-44(42)55(33-15-5-2-6-16-33)51-49(50)41-19-7-10-20-43(41)54(51)32-13-3-1-4-14-32)53(35-23-26-39-37-17-8-11-21-45(37)56-47(39)30-35)36-24-27-40-38-18-9-12-22-46(38)57-48(40)31-36/h1-13,15-32,37,45,50H,14,52H2. The molecular weight excluding hydrogens is 701 g/mol. The van der Waals surface area contributed by atoms with Crippen molar-refractivity contribution in [2.45, 2.75) is 30.5 Å². The number of furan rings is 1. The zero-order valence-corrected chi connectivity index (χ0v) is 31.1. The smallest absolute Gasteiger partial charge is 0.137 e. The minimum absolute atomic E-state index is 0.00255. The third kappa shape index (κ3) is 4.87. The summed E-state index contributed by atoms with van der Waals surface area (Å²) in [4.78, 5) is 4.72. The lowest BCUT2D eigenvalue weighted by Crippen LogP contribution is -2.28. The lowest BCUT2D eigenvalue weighted by atomic mass is 9.91. The Morgan fingerprint density at radius 3 is 2.25 bits per heavy atom. The fourth-order valence-electron chi connectivity index (χ4n) is 9.61. The van der Waals surface area contributed by atoms with Crippen molar-refractivity contribution in [1.82, 2.24) is 4.57 Å². The monoisotopic (exact) mass is 738 g/mol. The molecule has 4 unspecified atom stereocenters. The van der Waals surface area contributed by atoms with Gasteiger partial charge >= 0.3 is 0 Å². The van der Waals surface area contributed by atoms with Gasteiger partial charge in [0, 0.05) is 68.1 Å². The number of rotatable bonds is 5. The van der Waals surface area contributed by atoms with Crippen LogP contribution in [0.1, 0.15) is 41.1 Å². The fraction of sp³-hybridized carbons (Fsp3) is 0.0980. The lowest BCUT2D eigenvalue weighted by Gasteiger charge is -2.38. The van der Waals surface area contributed by atoms with Crippen molar-refractivity contribution in [3.63, 3.8) is 0 Å². The van der Waals surface area contributed by atoms with Gasteiger partial charge in [0.05, 0.1) is 23.3 Å². The van der Waals surface area contributed by atoms with Crippen LogP contribution >= 0.6 is 0 Å². The topological polar surface area (TPSA) is 59.8 Å². The third-order valence-electron chi connectivity index (χ3n) is 12.2. The van der Waals surface area contributed by atoms with E-state index in [0.29, 0.717) is 0 Å². The molecule has 0 spiro atoms. The van der Waals surface area contributed by atoms with Gasteiger partial charge in [-0.2, -0.15) is 0 Å². The summed E-state index contributed by atoms with van der Waals surface area (Å²) in [6.45, 7) is 0. The van der Waals surface area contributed by atoms with Crippen LogP contribution in [0.4, 0.5) is 34.3 Å². The Kier molecular flexibility index (Phi) is 7.07. The van der Waals surface area contributed by atoms with Crippen molar-refractivity contribution in [1.29, 1.82) is 0 Å². The molecule has 6 heteroatoms. The van der Waals surface area contributed by atoms with Gasteiger partial charge in [0.15, 0.2) is 0 Å².